The van der Waals surface area contributed by atoms with E-state index in [1.165, 1.54) is 41.5 Å². The van der Waals surface area contributed by atoms with Crippen LogP contribution in [0.2, 0.25) is 0 Å². The molecular weight excluding hydrogens is 424 g/mol. The SMILES string of the molecule is Cc1cc(C)c(-c2ccc(N3CCN(CC(=O)N4CCN(C5CCC5)CC4)CC3)nn2)c(C)c1. The summed E-state index contributed by atoms with van der Waals surface area (Å²) >= 11 is 0. The third-order valence-corrected chi connectivity index (χ3v) is 7.90. The first kappa shape index (κ1) is 23.2. The minimum atomic E-state index is 0.287. The van der Waals surface area contributed by atoms with Gasteiger partial charge in [0.15, 0.2) is 5.82 Å². The molecule has 2 aromatic rings. The Balaban J connectivity index is 1.11. The standard InChI is InChI=1S/C27H38N6O/c1-20-17-21(2)27(22(3)18-20)24-7-8-25(29-28-24)32-11-9-30(10-12-32)19-26(34)33-15-13-31(14-16-33)23-5-4-6-23/h7-8,17-18,23H,4-6,9-16,19H2,1-3H3. The van der Waals surface area contributed by atoms with Crippen molar-refractivity contribution in [2.75, 3.05) is 63.8 Å². The third kappa shape index (κ3) is 4.96. The lowest BCUT2D eigenvalue weighted by Gasteiger charge is -2.43. The molecule has 2 aliphatic heterocycles. The van der Waals surface area contributed by atoms with Crippen molar-refractivity contribution >= 4 is 11.7 Å². The minimum absolute atomic E-state index is 0.287. The first-order valence-electron chi connectivity index (χ1n) is 12.9. The van der Waals surface area contributed by atoms with Gasteiger partial charge in [-0.25, -0.2) is 0 Å². The number of anilines is 1. The quantitative estimate of drug-likeness (QED) is 0.681. The van der Waals surface area contributed by atoms with E-state index in [0.717, 1.165) is 69.9 Å². The summed E-state index contributed by atoms with van der Waals surface area (Å²) in [6.45, 7) is 14.3. The van der Waals surface area contributed by atoms with E-state index in [1.54, 1.807) is 0 Å². The molecule has 0 radical (unpaired) electrons. The van der Waals surface area contributed by atoms with Crippen LogP contribution in [-0.4, -0.2) is 95.7 Å². The predicted molar refractivity (Wildman–Crippen MR) is 136 cm³/mol. The number of hydrogen-bond donors (Lipinski definition) is 0. The van der Waals surface area contributed by atoms with Crippen molar-refractivity contribution < 1.29 is 4.79 Å². The summed E-state index contributed by atoms with van der Waals surface area (Å²) in [7, 11) is 0. The first-order chi connectivity index (χ1) is 16.5. The van der Waals surface area contributed by atoms with Gasteiger partial charge in [-0.1, -0.05) is 24.1 Å². The second kappa shape index (κ2) is 10.0. The normalized spacial score (nSPS) is 20.4. The number of carbonyl (C=O) groups excluding carboxylic acids is 1. The van der Waals surface area contributed by atoms with Crippen molar-refractivity contribution in [3.8, 4) is 11.3 Å². The number of nitrogens with zero attached hydrogens (tertiary/aromatic N) is 6. The molecule has 3 heterocycles. The molecule has 3 aliphatic rings. The van der Waals surface area contributed by atoms with Gasteiger partial charge in [0.05, 0.1) is 12.2 Å². The molecule has 1 saturated carbocycles. The van der Waals surface area contributed by atoms with Crippen molar-refractivity contribution in [3.05, 3.63) is 41.0 Å². The van der Waals surface area contributed by atoms with E-state index in [1.807, 2.05) is 0 Å². The van der Waals surface area contributed by atoms with Crippen LogP contribution in [0.3, 0.4) is 0 Å². The monoisotopic (exact) mass is 462 g/mol. The van der Waals surface area contributed by atoms with E-state index in [9.17, 15) is 4.79 Å². The van der Waals surface area contributed by atoms with Crippen LogP contribution in [0.1, 0.15) is 36.0 Å². The Hall–Kier alpha value is -2.51. The van der Waals surface area contributed by atoms with E-state index in [2.05, 4.69) is 74.8 Å². The highest BCUT2D eigenvalue weighted by Gasteiger charge is 2.30. The van der Waals surface area contributed by atoms with E-state index in [0.29, 0.717) is 6.54 Å². The topological polar surface area (TPSA) is 55.8 Å². The molecule has 34 heavy (non-hydrogen) atoms. The lowest BCUT2D eigenvalue weighted by Crippen LogP contribution is -2.56. The molecule has 7 heteroatoms. The van der Waals surface area contributed by atoms with Crippen LogP contribution in [0.4, 0.5) is 5.82 Å². The van der Waals surface area contributed by atoms with Crippen molar-refractivity contribution in [1.29, 1.82) is 0 Å². The van der Waals surface area contributed by atoms with Crippen LogP contribution in [-0.2, 0) is 4.79 Å². The van der Waals surface area contributed by atoms with Crippen molar-refractivity contribution in [3.63, 3.8) is 0 Å². The summed E-state index contributed by atoms with van der Waals surface area (Å²) in [4.78, 5) is 22.1. The lowest BCUT2D eigenvalue weighted by molar-refractivity contribution is -0.134. The highest BCUT2D eigenvalue weighted by atomic mass is 16.2. The van der Waals surface area contributed by atoms with E-state index in [4.69, 9.17) is 0 Å². The van der Waals surface area contributed by atoms with Crippen LogP contribution in [0.25, 0.3) is 11.3 Å². The summed E-state index contributed by atoms with van der Waals surface area (Å²) in [6, 6.07) is 9.36. The van der Waals surface area contributed by atoms with E-state index >= 15 is 0 Å². The number of hydrogen-bond acceptors (Lipinski definition) is 6. The third-order valence-electron chi connectivity index (χ3n) is 7.90. The van der Waals surface area contributed by atoms with Gasteiger partial charge >= 0.3 is 0 Å². The number of benzene rings is 1. The predicted octanol–water partition coefficient (Wildman–Crippen LogP) is 2.89. The second-order valence-electron chi connectivity index (χ2n) is 10.3. The van der Waals surface area contributed by atoms with E-state index < -0.39 is 0 Å². The zero-order valence-corrected chi connectivity index (χ0v) is 21.0. The molecule has 0 bridgehead atoms. The van der Waals surface area contributed by atoms with Gasteiger partial charge in [0, 0.05) is 64.0 Å². The Labute approximate surface area is 203 Å². The van der Waals surface area contributed by atoms with Gasteiger partial charge in [-0.3, -0.25) is 14.6 Å². The van der Waals surface area contributed by atoms with Gasteiger partial charge in [0.1, 0.15) is 0 Å². The van der Waals surface area contributed by atoms with Gasteiger partial charge in [-0.15, -0.1) is 10.2 Å². The maximum atomic E-state index is 12.9. The summed E-state index contributed by atoms with van der Waals surface area (Å²) in [6.07, 6.45) is 4.06. The largest absolute Gasteiger partial charge is 0.353 e. The lowest BCUT2D eigenvalue weighted by atomic mass is 9.91. The molecule has 182 valence electrons. The molecule has 1 amide bonds. The van der Waals surface area contributed by atoms with Crippen molar-refractivity contribution in [2.24, 2.45) is 0 Å². The summed E-state index contributed by atoms with van der Waals surface area (Å²) in [5.41, 5.74) is 5.86. The highest BCUT2D eigenvalue weighted by molar-refractivity contribution is 5.78. The number of aromatic nitrogens is 2. The minimum Gasteiger partial charge on any atom is -0.353 e. The molecule has 3 fully saturated rings. The van der Waals surface area contributed by atoms with Gasteiger partial charge in [0.25, 0.3) is 0 Å². The number of piperazine rings is 2. The number of amides is 1. The van der Waals surface area contributed by atoms with Gasteiger partial charge < -0.3 is 9.80 Å². The molecule has 0 unspecified atom stereocenters. The molecule has 5 rings (SSSR count). The molecule has 0 spiro atoms. The zero-order chi connectivity index (χ0) is 23.7. The number of rotatable bonds is 5. The van der Waals surface area contributed by atoms with Crippen LogP contribution in [0.5, 0.6) is 0 Å². The molecule has 1 aromatic carbocycles. The van der Waals surface area contributed by atoms with Crippen LogP contribution in [0.15, 0.2) is 24.3 Å². The molecule has 1 aliphatic carbocycles. The fourth-order valence-electron chi connectivity index (χ4n) is 5.73. The zero-order valence-electron chi connectivity index (χ0n) is 21.0. The average molecular weight is 463 g/mol. The smallest absolute Gasteiger partial charge is 0.236 e. The van der Waals surface area contributed by atoms with Gasteiger partial charge in [0.2, 0.25) is 5.91 Å². The molecule has 2 saturated heterocycles. The Bertz CT molecular complexity index is 979. The molecular formula is C27H38N6O. The van der Waals surface area contributed by atoms with Gasteiger partial charge in [-0.2, -0.15) is 0 Å². The molecule has 1 aromatic heterocycles. The number of carbonyl (C=O) groups is 1. The Morgan fingerprint density at radius 2 is 1.56 bits per heavy atom. The highest BCUT2D eigenvalue weighted by Crippen LogP contribution is 2.28. The first-order valence-corrected chi connectivity index (χ1v) is 12.9. The molecule has 0 atom stereocenters. The second-order valence-corrected chi connectivity index (χ2v) is 10.3. The summed E-state index contributed by atoms with van der Waals surface area (Å²) in [5.74, 6) is 1.21. The fraction of sp³-hybridized carbons (Fsp3) is 0.593. The average Bonchev–Trinajstić information content (AvgIpc) is 2.79. The maximum Gasteiger partial charge on any atom is 0.236 e. The fourth-order valence-corrected chi connectivity index (χ4v) is 5.73. The van der Waals surface area contributed by atoms with Crippen LogP contribution < -0.4 is 4.90 Å². The maximum absolute atomic E-state index is 12.9. The Morgan fingerprint density at radius 3 is 2.12 bits per heavy atom. The van der Waals surface area contributed by atoms with Crippen molar-refractivity contribution in [1.82, 2.24) is 24.9 Å². The summed E-state index contributed by atoms with van der Waals surface area (Å²) in [5, 5.41) is 9.12. The van der Waals surface area contributed by atoms with E-state index in [-0.39, 0.29) is 5.91 Å². The van der Waals surface area contributed by atoms with Crippen molar-refractivity contribution in [2.45, 2.75) is 46.1 Å². The van der Waals surface area contributed by atoms with Crippen LogP contribution in [0, 0.1) is 20.8 Å². The summed E-state index contributed by atoms with van der Waals surface area (Å²) < 4.78 is 0. The molecule has 7 nitrogen and oxygen atoms in total. The number of aryl methyl sites for hydroxylation is 3. The van der Waals surface area contributed by atoms with Gasteiger partial charge in [-0.05, 0) is 56.9 Å². The molecule has 0 N–H and O–H groups in total. The Kier molecular flexibility index (Phi) is 6.84. The van der Waals surface area contributed by atoms with Crippen LogP contribution >= 0.6 is 0 Å². The Morgan fingerprint density at radius 1 is 0.882 bits per heavy atom.